The van der Waals surface area contributed by atoms with Crippen LogP contribution in [0.25, 0.3) is 11.1 Å². The molecule has 3 aromatic rings. The molecule has 1 atom stereocenters. The van der Waals surface area contributed by atoms with Gasteiger partial charge in [-0.1, -0.05) is 61.5 Å². The number of hydrogen-bond acceptors (Lipinski definition) is 5. The summed E-state index contributed by atoms with van der Waals surface area (Å²) >= 11 is 0. The molecule has 1 aliphatic rings. The largest absolute Gasteiger partial charge is 0.361 e. The number of morpholine rings is 1. The summed E-state index contributed by atoms with van der Waals surface area (Å²) in [6, 6.07) is 18.1. The lowest BCUT2D eigenvalue weighted by molar-refractivity contribution is -0.157. The van der Waals surface area contributed by atoms with Gasteiger partial charge in [0.25, 0.3) is 11.8 Å². The second-order valence-electron chi connectivity index (χ2n) is 8.12. The molecule has 4 rings (SSSR count). The molecule has 0 radical (unpaired) electrons. The molecule has 0 spiro atoms. The number of aromatic nitrogens is 2. The molecule has 2 aromatic carbocycles. The number of carbonyl (C=O) groups excluding carboxylic acids is 2. The first-order valence-electron chi connectivity index (χ1n) is 11.2. The molecule has 170 valence electrons. The van der Waals surface area contributed by atoms with Gasteiger partial charge in [0.2, 0.25) is 0 Å². The molecule has 1 fully saturated rings. The number of nitrogens with zero attached hydrogens (tertiary/aromatic N) is 3. The van der Waals surface area contributed by atoms with Gasteiger partial charge in [0, 0.05) is 31.9 Å². The first-order chi connectivity index (χ1) is 16.1. The summed E-state index contributed by atoms with van der Waals surface area (Å²) < 4.78 is 6.19. The molecule has 1 unspecified atom stereocenters. The molecule has 0 bridgehead atoms. The lowest BCUT2D eigenvalue weighted by Crippen LogP contribution is -2.62. The van der Waals surface area contributed by atoms with E-state index in [4.69, 9.17) is 4.74 Å². The van der Waals surface area contributed by atoms with E-state index >= 15 is 0 Å². The van der Waals surface area contributed by atoms with Crippen LogP contribution in [0.3, 0.4) is 0 Å². The van der Waals surface area contributed by atoms with E-state index < -0.39 is 5.60 Å². The van der Waals surface area contributed by atoms with Crippen molar-refractivity contribution in [3.8, 4) is 11.1 Å². The Labute approximate surface area is 193 Å². The lowest BCUT2D eigenvalue weighted by Gasteiger charge is -2.41. The highest BCUT2D eigenvalue weighted by Crippen LogP contribution is 2.30. The zero-order valence-electron chi connectivity index (χ0n) is 18.7. The smallest absolute Gasteiger partial charge is 0.274 e. The van der Waals surface area contributed by atoms with E-state index in [1.807, 2.05) is 61.5 Å². The van der Waals surface area contributed by atoms with Crippen molar-refractivity contribution in [2.45, 2.75) is 25.4 Å². The maximum atomic E-state index is 13.4. The Morgan fingerprint density at radius 1 is 1.09 bits per heavy atom. The van der Waals surface area contributed by atoms with Crippen LogP contribution < -0.4 is 5.32 Å². The number of hydrogen-bond donors (Lipinski definition) is 1. The van der Waals surface area contributed by atoms with Gasteiger partial charge in [0.1, 0.15) is 5.69 Å². The molecule has 2 amide bonds. The third-order valence-corrected chi connectivity index (χ3v) is 5.78. The summed E-state index contributed by atoms with van der Waals surface area (Å²) in [5, 5.41) is 2.99. The van der Waals surface area contributed by atoms with Crippen molar-refractivity contribution in [2.75, 3.05) is 26.2 Å². The van der Waals surface area contributed by atoms with E-state index in [2.05, 4.69) is 15.3 Å². The fraction of sp³-hybridized carbons (Fsp3) is 0.308. The highest BCUT2D eigenvalue weighted by molar-refractivity contribution is 5.93. The van der Waals surface area contributed by atoms with Crippen molar-refractivity contribution >= 4 is 11.8 Å². The van der Waals surface area contributed by atoms with Crippen LogP contribution in [-0.2, 0) is 16.0 Å². The number of carbonyl (C=O) groups is 2. The molecule has 33 heavy (non-hydrogen) atoms. The minimum atomic E-state index is -1.20. The second kappa shape index (κ2) is 10.4. The predicted molar refractivity (Wildman–Crippen MR) is 126 cm³/mol. The molecule has 1 aromatic heterocycles. The van der Waals surface area contributed by atoms with Gasteiger partial charge in [0.05, 0.1) is 19.3 Å². The van der Waals surface area contributed by atoms with Gasteiger partial charge in [-0.05, 0) is 23.1 Å². The second-order valence-corrected chi connectivity index (χ2v) is 8.12. The van der Waals surface area contributed by atoms with Crippen LogP contribution in [0.15, 0.2) is 73.2 Å². The minimum absolute atomic E-state index is 0.140. The summed E-state index contributed by atoms with van der Waals surface area (Å²) in [7, 11) is 0. The van der Waals surface area contributed by atoms with Gasteiger partial charge < -0.3 is 15.0 Å². The van der Waals surface area contributed by atoms with Crippen LogP contribution in [0.1, 0.15) is 29.4 Å². The van der Waals surface area contributed by atoms with E-state index in [1.54, 1.807) is 4.90 Å². The fourth-order valence-electron chi connectivity index (χ4n) is 4.13. The minimum Gasteiger partial charge on any atom is -0.361 e. The molecule has 0 aliphatic carbocycles. The zero-order valence-corrected chi connectivity index (χ0v) is 18.7. The highest BCUT2D eigenvalue weighted by Gasteiger charge is 2.45. The fourth-order valence-corrected chi connectivity index (χ4v) is 4.13. The van der Waals surface area contributed by atoms with Crippen molar-refractivity contribution < 1.29 is 14.3 Å². The summed E-state index contributed by atoms with van der Waals surface area (Å²) in [4.78, 5) is 36.3. The Kier molecular flexibility index (Phi) is 7.10. The van der Waals surface area contributed by atoms with Crippen LogP contribution in [0.5, 0.6) is 0 Å². The van der Waals surface area contributed by atoms with E-state index in [-0.39, 0.29) is 30.7 Å². The molecular formula is C26H28N4O3. The Bertz CT molecular complexity index is 1090. The lowest BCUT2D eigenvalue weighted by atomic mass is 9.87. The molecule has 1 N–H and O–H groups in total. The number of amides is 2. The molecule has 7 heteroatoms. The van der Waals surface area contributed by atoms with Crippen molar-refractivity contribution in [3.05, 3.63) is 84.4 Å². The van der Waals surface area contributed by atoms with Gasteiger partial charge in [-0.15, -0.1) is 0 Å². The first kappa shape index (κ1) is 22.6. The number of nitrogens with one attached hydrogen (secondary N) is 1. The van der Waals surface area contributed by atoms with E-state index in [0.717, 1.165) is 23.1 Å². The molecule has 2 heterocycles. The molecule has 1 aliphatic heterocycles. The normalized spacial score (nSPS) is 18.0. The van der Waals surface area contributed by atoms with Crippen LogP contribution in [0, 0.1) is 0 Å². The van der Waals surface area contributed by atoms with Gasteiger partial charge in [-0.25, -0.2) is 4.98 Å². The SMILES string of the molecule is CCCNC(=O)C1(Cc2ccccc2-c2ccccc2)CN(C(=O)c2cnccn2)CCO1. The Morgan fingerprint density at radius 3 is 2.64 bits per heavy atom. The predicted octanol–water partition coefficient (Wildman–Crippen LogP) is 3.12. The van der Waals surface area contributed by atoms with Crippen LogP contribution in [0.4, 0.5) is 0 Å². The summed E-state index contributed by atoms with van der Waals surface area (Å²) in [6.45, 7) is 3.34. The summed E-state index contributed by atoms with van der Waals surface area (Å²) in [5.41, 5.74) is 2.16. The van der Waals surface area contributed by atoms with Crippen molar-refractivity contribution in [1.29, 1.82) is 0 Å². The maximum Gasteiger partial charge on any atom is 0.274 e. The third-order valence-electron chi connectivity index (χ3n) is 5.78. The first-order valence-corrected chi connectivity index (χ1v) is 11.2. The quantitative estimate of drug-likeness (QED) is 0.605. The van der Waals surface area contributed by atoms with Gasteiger partial charge in [-0.3, -0.25) is 14.6 Å². The zero-order chi connectivity index (χ0) is 23.1. The molecule has 1 saturated heterocycles. The van der Waals surface area contributed by atoms with Crippen molar-refractivity contribution in [2.24, 2.45) is 0 Å². The van der Waals surface area contributed by atoms with Gasteiger partial charge in [-0.2, -0.15) is 0 Å². The van der Waals surface area contributed by atoms with E-state index in [0.29, 0.717) is 19.5 Å². The number of rotatable bonds is 7. The monoisotopic (exact) mass is 444 g/mol. The molecule has 7 nitrogen and oxygen atoms in total. The number of benzene rings is 2. The van der Waals surface area contributed by atoms with E-state index in [1.165, 1.54) is 18.6 Å². The van der Waals surface area contributed by atoms with Gasteiger partial charge in [0.15, 0.2) is 5.60 Å². The van der Waals surface area contributed by atoms with Crippen molar-refractivity contribution in [3.63, 3.8) is 0 Å². The highest BCUT2D eigenvalue weighted by atomic mass is 16.5. The van der Waals surface area contributed by atoms with Crippen LogP contribution in [-0.4, -0.2) is 58.5 Å². The molecular weight excluding hydrogens is 416 g/mol. The maximum absolute atomic E-state index is 13.4. The number of ether oxygens (including phenoxy) is 1. The van der Waals surface area contributed by atoms with Crippen LogP contribution >= 0.6 is 0 Å². The average Bonchev–Trinajstić information content (AvgIpc) is 2.88. The Balaban J connectivity index is 1.67. The third kappa shape index (κ3) is 5.09. The summed E-state index contributed by atoms with van der Waals surface area (Å²) in [5.74, 6) is -0.459. The van der Waals surface area contributed by atoms with Crippen molar-refractivity contribution in [1.82, 2.24) is 20.2 Å². The van der Waals surface area contributed by atoms with Gasteiger partial charge >= 0.3 is 0 Å². The Morgan fingerprint density at radius 2 is 1.88 bits per heavy atom. The van der Waals surface area contributed by atoms with Crippen LogP contribution in [0.2, 0.25) is 0 Å². The van der Waals surface area contributed by atoms with E-state index in [9.17, 15) is 9.59 Å². The summed E-state index contributed by atoms with van der Waals surface area (Å²) in [6.07, 6.45) is 5.62. The molecule has 0 saturated carbocycles. The Hall–Kier alpha value is -3.58. The topological polar surface area (TPSA) is 84.4 Å². The average molecular weight is 445 g/mol. The standard InChI is InChI=1S/C26H28N4O3/c1-2-12-29-25(32)26(17-21-10-6-7-11-22(21)20-8-4-3-5-9-20)19-30(15-16-33-26)24(31)23-18-27-13-14-28-23/h3-11,13-14,18H,2,12,15-17,19H2,1H3,(H,29,32).